The van der Waals surface area contributed by atoms with Crippen LogP contribution in [0.5, 0.6) is 5.75 Å². The van der Waals surface area contributed by atoms with Gasteiger partial charge in [0.15, 0.2) is 0 Å². The molecule has 0 saturated carbocycles. The molecule has 104 valence electrons. The van der Waals surface area contributed by atoms with Crippen molar-refractivity contribution >= 4 is 6.03 Å². The van der Waals surface area contributed by atoms with Gasteiger partial charge in [-0.2, -0.15) is 0 Å². The number of amides is 2. The van der Waals surface area contributed by atoms with Gasteiger partial charge < -0.3 is 20.7 Å². The molecule has 2 atom stereocenters. The average molecular weight is 263 g/mol. The Balaban J connectivity index is 2.01. The topological polar surface area (TPSA) is 67.6 Å². The maximum Gasteiger partial charge on any atom is 0.318 e. The molecule has 2 rings (SSSR count). The van der Waals surface area contributed by atoms with Gasteiger partial charge in [0, 0.05) is 19.1 Å². The number of nitrogens with one attached hydrogen (secondary N) is 1. The number of nitrogens with zero attached hydrogens (tertiary/aromatic N) is 1. The van der Waals surface area contributed by atoms with E-state index < -0.39 is 0 Å². The summed E-state index contributed by atoms with van der Waals surface area (Å²) >= 11 is 0. The molecule has 5 nitrogen and oxygen atoms in total. The Morgan fingerprint density at radius 3 is 2.74 bits per heavy atom. The van der Waals surface area contributed by atoms with E-state index in [4.69, 9.17) is 10.5 Å². The lowest BCUT2D eigenvalue weighted by atomic mass is 10.1. The van der Waals surface area contributed by atoms with Crippen LogP contribution in [0.25, 0.3) is 0 Å². The molecule has 0 radical (unpaired) electrons. The number of carbonyl (C=O) groups is 1. The van der Waals surface area contributed by atoms with Crippen molar-refractivity contribution in [2.24, 2.45) is 5.73 Å². The van der Waals surface area contributed by atoms with E-state index >= 15 is 0 Å². The zero-order valence-corrected chi connectivity index (χ0v) is 11.4. The summed E-state index contributed by atoms with van der Waals surface area (Å²) in [4.78, 5) is 13.6. The van der Waals surface area contributed by atoms with Gasteiger partial charge in [-0.3, -0.25) is 0 Å². The van der Waals surface area contributed by atoms with Crippen LogP contribution >= 0.6 is 0 Å². The van der Waals surface area contributed by atoms with Crippen molar-refractivity contribution in [3.63, 3.8) is 0 Å². The Morgan fingerprint density at radius 1 is 1.47 bits per heavy atom. The maximum absolute atomic E-state index is 11.8. The Kier molecular flexibility index (Phi) is 4.27. The summed E-state index contributed by atoms with van der Waals surface area (Å²) in [6.45, 7) is 5.75. The van der Waals surface area contributed by atoms with Gasteiger partial charge in [-0.05, 0) is 31.5 Å². The lowest BCUT2D eigenvalue weighted by Crippen LogP contribution is -2.37. The molecule has 3 N–H and O–H groups in total. The second kappa shape index (κ2) is 5.93. The number of hydrogen-bond donors (Lipinski definition) is 2. The number of urea groups is 1. The molecule has 0 bridgehead atoms. The first kappa shape index (κ1) is 13.7. The predicted molar refractivity (Wildman–Crippen MR) is 74.1 cm³/mol. The quantitative estimate of drug-likeness (QED) is 0.846. The van der Waals surface area contributed by atoms with Crippen molar-refractivity contribution in [1.82, 2.24) is 10.2 Å². The highest BCUT2D eigenvalue weighted by molar-refractivity contribution is 5.77. The molecule has 0 aromatic heterocycles. The van der Waals surface area contributed by atoms with Crippen LogP contribution in [-0.2, 0) is 0 Å². The van der Waals surface area contributed by atoms with Gasteiger partial charge in [-0.1, -0.05) is 12.1 Å². The summed E-state index contributed by atoms with van der Waals surface area (Å²) in [5, 5.41) is 2.97. The Morgan fingerprint density at radius 2 is 2.16 bits per heavy atom. The van der Waals surface area contributed by atoms with Crippen LogP contribution in [0.1, 0.15) is 25.5 Å². The van der Waals surface area contributed by atoms with Gasteiger partial charge in [0.1, 0.15) is 5.75 Å². The summed E-state index contributed by atoms with van der Waals surface area (Å²) in [7, 11) is 0. The first-order valence-electron chi connectivity index (χ1n) is 6.64. The molecule has 5 heteroatoms. The molecule has 2 amide bonds. The molecule has 1 aliphatic heterocycles. The van der Waals surface area contributed by atoms with Gasteiger partial charge in [0.2, 0.25) is 0 Å². The second-order valence-corrected chi connectivity index (χ2v) is 4.89. The van der Waals surface area contributed by atoms with Crippen LogP contribution in [0.2, 0.25) is 0 Å². The molecule has 1 heterocycles. The van der Waals surface area contributed by atoms with Gasteiger partial charge in [-0.25, -0.2) is 4.79 Å². The fraction of sp³-hybridized carbons (Fsp3) is 0.500. The maximum atomic E-state index is 11.8. The normalized spacial score (nSPS) is 20.3. The molecule has 0 aliphatic carbocycles. The molecule has 1 fully saturated rings. The second-order valence-electron chi connectivity index (χ2n) is 4.89. The van der Waals surface area contributed by atoms with Crippen LogP contribution in [0.15, 0.2) is 24.3 Å². The molecule has 1 aliphatic rings. The fourth-order valence-electron chi connectivity index (χ4n) is 2.25. The number of nitrogens with two attached hydrogens (primary N) is 1. The highest BCUT2D eigenvalue weighted by Gasteiger charge is 2.29. The highest BCUT2D eigenvalue weighted by Crippen LogP contribution is 2.22. The zero-order valence-electron chi connectivity index (χ0n) is 11.4. The molecule has 1 aromatic rings. The number of rotatable bonds is 5. The Bertz CT molecular complexity index is 431. The SMILES string of the molecule is CCOc1ccc(C2CN(CC(C)N)C(=O)N2)cc1. The lowest BCUT2D eigenvalue weighted by molar-refractivity contribution is 0.215. The van der Waals surface area contributed by atoms with E-state index in [1.165, 1.54) is 0 Å². The zero-order chi connectivity index (χ0) is 13.8. The van der Waals surface area contributed by atoms with Crippen molar-refractivity contribution < 1.29 is 9.53 Å². The summed E-state index contributed by atoms with van der Waals surface area (Å²) in [6.07, 6.45) is 0. The van der Waals surface area contributed by atoms with E-state index in [1.54, 1.807) is 4.90 Å². The van der Waals surface area contributed by atoms with Gasteiger partial charge in [0.25, 0.3) is 0 Å². The van der Waals surface area contributed by atoms with E-state index in [2.05, 4.69) is 5.32 Å². The van der Waals surface area contributed by atoms with Crippen molar-refractivity contribution in [3.8, 4) is 5.75 Å². The molecular weight excluding hydrogens is 242 g/mol. The Labute approximate surface area is 113 Å². The van der Waals surface area contributed by atoms with E-state index in [9.17, 15) is 4.79 Å². The van der Waals surface area contributed by atoms with Crippen LogP contribution in [0.3, 0.4) is 0 Å². The number of ether oxygens (including phenoxy) is 1. The number of hydrogen-bond acceptors (Lipinski definition) is 3. The van der Waals surface area contributed by atoms with Gasteiger partial charge in [0.05, 0.1) is 12.6 Å². The van der Waals surface area contributed by atoms with Crippen molar-refractivity contribution in [3.05, 3.63) is 29.8 Å². The summed E-state index contributed by atoms with van der Waals surface area (Å²) in [6, 6.07) is 7.82. The largest absolute Gasteiger partial charge is 0.494 e. The van der Waals surface area contributed by atoms with E-state index in [1.807, 2.05) is 38.1 Å². The Hall–Kier alpha value is -1.75. The third-order valence-electron chi connectivity index (χ3n) is 3.09. The highest BCUT2D eigenvalue weighted by atomic mass is 16.5. The predicted octanol–water partition coefficient (Wildman–Crippen LogP) is 1.50. The minimum atomic E-state index is -0.0452. The summed E-state index contributed by atoms with van der Waals surface area (Å²) in [5.41, 5.74) is 6.82. The third-order valence-corrected chi connectivity index (χ3v) is 3.09. The molecule has 1 saturated heterocycles. The van der Waals surface area contributed by atoms with E-state index in [-0.39, 0.29) is 18.1 Å². The molecule has 19 heavy (non-hydrogen) atoms. The number of carbonyl (C=O) groups excluding carboxylic acids is 1. The first-order valence-corrected chi connectivity index (χ1v) is 6.64. The van der Waals surface area contributed by atoms with Crippen LogP contribution in [0, 0.1) is 0 Å². The minimum Gasteiger partial charge on any atom is -0.494 e. The van der Waals surface area contributed by atoms with E-state index in [0.29, 0.717) is 19.7 Å². The van der Waals surface area contributed by atoms with Crippen molar-refractivity contribution in [2.75, 3.05) is 19.7 Å². The molecule has 2 unspecified atom stereocenters. The molecule has 1 aromatic carbocycles. The monoisotopic (exact) mass is 263 g/mol. The summed E-state index contributed by atoms with van der Waals surface area (Å²) < 4.78 is 5.40. The third kappa shape index (κ3) is 3.38. The summed E-state index contributed by atoms with van der Waals surface area (Å²) in [5.74, 6) is 0.850. The van der Waals surface area contributed by atoms with Crippen LogP contribution < -0.4 is 15.8 Å². The molecular formula is C14H21N3O2. The van der Waals surface area contributed by atoms with Crippen molar-refractivity contribution in [2.45, 2.75) is 25.9 Å². The lowest BCUT2D eigenvalue weighted by Gasteiger charge is -2.17. The number of benzene rings is 1. The van der Waals surface area contributed by atoms with Crippen molar-refractivity contribution in [1.29, 1.82) is 0 Å². The van der Waals surface area contributed by atoms with Crippen LogP contribution in [-0.4, -0.2) is 36.7 Å². The molecule has 0 spiro atoms. The average Bonchev–Trinajstić information content (AvgIpc) is 2.71. The fourth-order valence-corrected chi connectivity index (χ4v) is 2.25. The smallest absolute Gasteiger partial charge is 0.318 e. The van der Waals surface area contributed by atoms with Gasteiger partial charge >= 0.3 is 6.03 Å². The van der Waals surface area contributed by atoms with Crippen LogP contribution in [0.4, 0.5) is 4.79 Å². The minimum absolute atomic E-state index is 0.00942. The van der Waals surface area contributed by atoms with E-state index in [0.717, 1.165) is 11.3 Å². The first-order chi connectivity index (χ1) is 9.10. The van der Waals surface area contributed by atoms with Gasteiger partial charge in [-0.15, -0.1) is 0 Å². The standard InChI is InChI=1S/C14H21N3O2/c1-3-19-12-6-4-11(5-7-12)13-9-17(8-10(2)15)14(18)16-13/h4-7,10,13H,3,8-9,15H2,1-2H3,(H,16,18).